The number of likely N-dealkylation sites (tertiary alicyclic amines) is 1. The highest BCUT2D eigenvalue weighted by Crippen LogP contribution is 2.38. The van der Waals surface area contributed by atoms with Crippen LogP contribution in [0.3, 0.4) is 0 Å². The van der Waals surface area contributed by atoms with Crippen molar-refractivity contribution in [2.45, 2.75) is 69.9 Å². The Morgan fingerprint density at radius 3 is 2.69 bits per heavy atom. The van der Waals surface area contributed by atoms with Crippen molar-refractivity contribution in [3.63, 3.8) is 0 Å². The Bertz CT molecular complexity index is 804. The summed E-state index contributed by atoms with van der Waals surface area (Å²) in [7, 11) is 0. The molecule has 1 N–H and O–H groups in total. The number of benzene rings is 1. The van der Waals surface area contributed by atoms with Gasteiger partial charge in [-0.15, -0.1) is 11.3 Å². The van der Waals surface area contributed by atoms with Gasteiger partial charge in [-0.05, 0) is 69.8 Å². The molecule has 2 aromatic rings. The van der Waals surface area contributed by atoms with Gasteiger partial charge < -0.3 is 14.7 Å². The van der Waals surface area contributed by atoms with Crippen molar-refractivity contribution in [2.75, 3.05) is 19.7 Å². The SMILES string of the molecule is Cc1nc([C@@]2(O)CCCN(C3CCCC3)CC2)sc1CCOc1ccc(F)cc1. The number of nitrogens with zero attached hydrogens (tertiary/aromatic N) is 2. The third-order valence-electron chi connectivity index (χ3n) is 6.39. The number of rotatable bonds is 6. The summed E-state index contributed by atoms with van der Waals surface area (Å²) in [5, 5.41) is 12.3. The van der Waals surface area contributed by atoms with E-state index in [2.05, 4.69) is 4.90 Å². The average molecular weight is 419 g/mol. The highest BCUT2D eigenvalue weighted by atomic mass is 32.1. The van der Waals surface area contributed by atoms with Crippen molar-refractivity contribution in [3.8, 4) is 5.75 Å². The van der Waals surface area contributed by atoms with Gasteiger partial charge in [0.2, 0.25) is 0 Å². The fourth-order valence-electron chi connectivity index (χ4n) is 4.64. The Hall–Kier alpha value is -1.50. The van der Waals surface area contributed by atoms with E-state index in [-0.39, 0.29) is 5.82 Å². The largest absolute Gasteiger partial charge is 0.493 e. The van der Waals surface area contributed by atoms with Gasteiger partial charge in [0.25, 0.3) is 0 Å². The minimum absolute atomic E-state index is 0.261. The molecule has 1 saturated heterocycles. The van der Waals surface area contributed by atoms with Crippen LogP contribution in [0.5, 0.6) is 5.75 Å². The Morgan fingerprint density at radius 1 is 1.17 bits per heavy atom. The lowest BCUT2D eigenvalue weighted by Crippen LogP contribution is -2.35. The van der Waals surface area contributed by atoms with Gasteiger partial charge in [0.15, 0.2) is 0 Å². The molecule has 4 rings (SSSR count). The number of thiazole rings is 1. The van der Waals surface area contributed by atoms with Crippen LogP contribution >= 0.6 is 11.3 Å². The summed E-state index contributed by atoms with van der Waals surface area (Å²) >= 11 is 1.63. The summed E-state index contributed by atoms with van der Waals surface area (Å²) in [4.78, 5) is 8.51. The van der Waals surface area contributed by atoms with Crippen LogP contribution in [0.2, 0.25) is 0 Å². The molecule has 4 nitrogen and oxygen atoms in total. The maximum Gasteiger partial charge on any atom is 0.125 e. The van der Waals surface area contributed by atoms with E-state index in [0.29, 0.717) is 12.4 Å². The second kappa shape index (κ2) is 9.11. The monoisotopic (exact) mass is 418 g/mol. The smallest absolute Gasteiger partial charge is 0.125 e. The van der Waals surface area contributed by atoms with Crippen LogP contribution < -0.4 is 4.74 Å². The molecule has 0 bridgehead atoms. The minimum Gasteiger partial charge on any atom is -0.493 e. The molecule has 0 spiro atoms. The van der Waals surface area contributed by atoms with E-state index in [0.717, 1.165) is 60.4 Å². The molecular formula is C23H31FN2O2S. The molecule has 1 aliphatic carbocycles. The molecule has 158 valence electrons. The molecule has 0 radical (unpaired) electrons. The summed E-state index contributed by atoms with van der Waals surface area (Å²) in [6.07, 6.45) is 8.64. The predicted molar refractivity (Wildman–Crippen MR) is 114 cm³/mol. The van der Waals surface area contributed by atoms with Crippen LogP contribution in [0.25, 0.3) is 0 Å². The van der Waals surface area contributed by atoms with Crippen molar-refractivity contribution in [2.24, 2.45) is 0 Å². The van der Waals surface area contributed by atoms with Gasteiger partial charge >= 0.3 is 0 Å². The van der Waals surface area contributed by atoms with Gasteiger partial charge in [-0.1, -0.05) is 12.8 Å². The number of hydrogen-bond donors (Lipinski definition) is 1. The van der Waals surface area contributed by atoms with E-state index in [9.17, 15) is 9.50 Å². The highest BCUT2D eigenvalue weighted by Gasteiger charge is 2.37. The maximum absolute atomic E-state index is 13.0. The first kappa shape index (κ1) is 20.8. The Morgan fingerprint density at radius 2 is 1.93 bits per heavy atom. The molecule has 1 aromatic heterocycles. The van der Waals surface area contributed by atoms with Crippen molar-refractivity contribution < 1.29 is 14.2 Å². The topological polar surface area (TPSA) is 45.6 Å². The zero-order chi connectivity index (χ0) is 20.3. The van der Waals surface area contributed by atoms with Crippen molar-refractivity contribution >= 4 is 11.3 Å². The fourth-order valence-corrected chi connectivity index (χ4v) is 5.83. The van der Waals surface area contributed by atoms with Crippen LogP contribution in [0.15, 0.2) is 24.3 Å². The van der Waals surface area contributed by atoms with Crippen molar-refractivity contribution in [3.05, 3.63) is 45.7 Å². The first-order valence-electron chi connectivity index (χ1n) is 10.9. The Labute approximate surface area is 176 Å². The lowest BCUT2D eigenvalue weighted by Gasteiger charge is -2.28. The van der Waals surface area contributed by atoms with E-state index < -0.39 is 5.60 Å². The quantitative estimate of drug-likeness (QED) is 0.730. The molecule has 0 amide bonds. The molecule has 2 heterocycles. The van der Waals surface area contributed by atoms with Crippen LogP contribution in [-0.2, 0) is 12.0 Å². The lowest BCUT2D eigenvalue weighted by atomic mass is 9.96. The molecular weight excluding hydrogens is 387 g/mol. The Kier molecular flexibility index (Phi) is 6.52. The van der Waals surface area contributed by atoms with Gasteiger partial charge in [-0.3, -0.25) is 0 Å². The zero-order valence-electron chi connectivity index (χ0n) is 17.2. The van der Waals surface area contributed by atoms with E-state index >= 15 is 0 Å². The average Bonchev–Trinajstić information content (AvgIpc) is 3.32. The molecule has 2 fully saturated rings. The number of ether oxygens (including phenoxy) is 1. The van der Waals surface area contributed by atoms with E-state index in [1.807, 2.05) is 6.92 Å². The fraction of sp³-hybridized carbons (Fsp3) is 0.609. The predicted octanol–water partition coefficient (Wildman–Crippen LogP) is 4.83. The first-order valence-corrected chi connectivity index (χ1v) is 11.7. The molecule has 1 aliphatic heterocycles. The third kappa shape index (κ3) is 4.98. The summed E-state index contributed by atoms with van der Waals surface area (Å²) in [5.74, 6) is 0.409. The highest BCUT2D eigenvalue weighted by molar-refractivity contribution is 7.11. The first-order chi connectivity index (χ1) is 14.0. The zero-order valence-corrected chi connectivity index (χ0v) is 18.0. The second-order valence-electron chi connectivity index (χ2n) is 8.44. The lowest BCUT2D eigenvalue weighted by molar-refractivity contribution is 0.0196. The minimum atomic E-state index is -0.807. The summed E-state index contributed by atoms with van der Waals surface area (Å²) in [6, 6.07) is 6.81. The molecule has 2 aliphatic rings. The molecule has 1 aromatic carbocycles. The normalized spacial score (nSPS) is 24.0. The second-order valence-corrected chi connectivity index (χ2v) is 9.52. The third-order valence-corrected chi connectivity index (χ3v) is 7.80. The van der Waals surface area contributed by atoms with Gasteiger partial charge in [0.1, 0.15) is 22.2 Å². The van der Waals surface area contributed by atoms with E-state index in [4.69, 9.17) is 9.72 Å². The molecule has 1 saturated carbocycles. The van der Waals surface area contributed by atoms with Gasteiger partial charge in [-0.2, -0.15) is 0 Å². The number of aromatic nitrogens is 1. The van der Waals surface area contributed by atoms with Gasteiger partial charge in [-0.25, -0.2) is 9.37 Å². The van der Waals surface area contributed by atoms with Crippen molar-refractivity contribution in [1.82, 2.24) is 9.88 Å². The summed E-state index contributed by atoms with van der Waals surface area (Å²) in [6.45, 7) is 4.58. The van der Waals surface area contributed by atoms with E-state index in [1.54, 1.807) is 23.5 Å². The summed E-state index contributed by atoms with van der Waals surface area (Å²) in [5.41, 5.74) is 0.178. The standard InChI is InChI=1S/C23H31FN2O2S/c1-17-21(11-16-28-20-9-7-18(24)8-10-20)29-22(25-17)23(27)12-4-14-26(15-13-23)19-5-2-3-6-19/h7-10,19,27H,2-6,11-16H2,1H3/t23-/m1/s1. The van der Waals surface area contributed by atoms with Crippen LogP contribution in [0.4, 0.5) is 4.39 Å². The Balaban J connectivity index is 1.36. The number of aryl methyl sites for hydroxylation is 1. The number of hydrogen-bond acceptors (Lipinski definition) is 5. The van der Waals surface area contributed by atoms with Gasteiger partial charge in [0.05, 0.1) is 12.3 Å². The molecule has 1 atom stereocenters. The van der Waals surface area contributed by atoms with Crippen LogP contribution in [-0.4, -0.2) is 40.7 Å². The van der Waals surface area contributed by atoms with Crippen LogP contribution in [0.1, 0.15) is 60.5 Å². The molecule has 6 heteroatoms. The van der Waals surface area contributed by atoms with Crippen molar-refractivity contribution in [1.29, 1.82) is 0 Å². The maximum atomic E-state index is 13.0. The number of halogens is 1. The number of aliphatic hydroxyl groups is 1. The molecule has 29 heavy (non-hydrogen) atoms. The summed E-state index contributed by atoms with van der Waals surface area (Å²) < 4.78 is 18.7. The van der Waals surface area contributed by atoms with Crippen LogP contribution in [0, 0.1) is 12.7 Å². The van der Waals surface area contributed by atoms with Gasteiger partial charge in [0, 0.05) is 23.9 Å². The van der Waals surface area contributed by atoms with E-state index in [1.165, 1.54) is 37.8 Å². The molecule has 0 unspecified atom stereocenters.